The summed E-state index contributed by atoms with van der Waals surface area (Å²) in [6, 6.07) is 14.6. The van der Waals surface area contributed by atoms with Gasteiger partial charge in [0, 0.05) is 12.6 Å². The summed E-state index contributed by atoms with van der Waals surface area (Å²) in [5.41, 5.74) is 2.09. The minimum Gasteiger partial charge on any atom is -0.497 e. The van der Waals surface area contributed by atoms with Crippen LogP contribution in [0.2, 0.25) is 0 Å². The Morgan fingerprint density at radius 2 is 1.76 bits per heavy atom. The van der Waals surface area contributed by atoms with E-state index in [4.69, 9.17) is 23.4 Å². The molecule has 0 saturated heterocycles. The number of carbonyl (C=O) groups excluding carboxylic acids is 1. The van der Waals surface area contributed by atoms with Crippen LogP contribution in [0.1, 0.15) is 22.9 Å². The van der Waals surface area contributed by atoms with Crippen molar-refractivity contribution in [2.24, 2.45) is 0 Å². The first-order valence-electron chi connectivity index (χ1n) is 10.7. The Labute approximate surface area is 193 Å². The molecule has 0 aliphatic carbocycles. The fourth-order valence-corrected chi connectivity index (χ4v) is 3.95. The summed E-state index contributed by atoms with van der Waals surface area (Å²) in [6.45, 7) is 0.843. The number of hydrogen-bond acceptors (Lipinski definition) is 6. The Hall–Kier alpha value is -3.87. The van der Waals surface area contributed by atoms with Crippen LogP contribution >= 0.6 is 0 Å². The van der Waals surface area contributed by atoms with E-state index >= 15 is 0 Å². The fourth-order valence-electron chi connectivity index (χ4n) is 3.95. The average molecular weight is 450 g/mol. The normalized spacial score (nSPS) is 15.2. The molecule has 1 aliphatic heterocycles. The maximum absolute atomic E-state index is 13.2. The number of hydrogen-bond donors (Lipinski definition) is 0. The van der Waals surface area contributed by atoms with Crippen LogP contribution < -0.4 is 18.9 Å². The number of rotatable bonds is 8. The van der Waals surface area contributed by atoms with Gasteiger partial charge in [0.25, 0.3) is 0 Å². The standard InChI is InChI=1S/C26H27NO6/c1-29-19-6-8-21(9-7-19)33-17-23-22-16-25(31-3)24(30-2)15-18(22)12-13-27(23)26(28)11-10-20-5-4-14-32-20/h4-11,14-16,23H,12-13,17H2,1-3H3/b11-10+/t23-/m1/s1. The van der Waals surface area contributed by atoms with Crippen LogP contribution in [-0.4, -0.2) is 45.3 Å². The van der Waals surface area contributed by atoms with E-state index in [2.05, 4.69) is 0 Å². The molecule has 0 spiro atoms. The lowest BCUT2D eigenvalue weighted by molar-refractivity contribution is -0.129. The summed E-state index contributed by atoms with van der Waals surface area (Å²) in [5, 5.41) is 0. The van der Waals surface area contributed by atoms with E-state index in [1.165, 1.54) is 6.08 Å². The smallest absolute Gasteiger partial charge is 0.247 e. The first-order valence-corrected chi connectivity index (χ1v) is 10.7. The highest BCUT2D eigenvalue weighted by Gasteiger charge is 2.32. The zero-order valence-electron chi connectivity index (χ0n) is 18.9. The van der Waals surface area contributed by atoms with Crippen LogP contribution in [0.5, 0.6) is 23.0 Å². The second-order valence-corrected chi connectivity index (χ2v) is 7.54. The van der Waals surface area contributed by atoms with Gasteiger partial charge in [0.05, 0.1) is 33.6 Å². The van der Waals surface area contributed by atoms with Crippen LogP contribution in [0.3, 0.4) is 0 Å². The monoisotopic (exact) mass is 449 g/mol. The maximum Gasteiger partial charge on any atom is 0.247 e. The molecular weight excluding hydrogens is 422 g/mol. The SMILES string of the molecule is COc1ccc(OC[C@@H]2c3cc(OC)c(OC)cc3CCN2C(=O)/C=C/c2ccco2)cc1. The highest BCUT2D eigenvalue weighted by atomic mass is 16.5. The molecule has 0 bridgehead atoms. The van der Waals surface area contributed by atoms with Crippen LogP contribution in [0.15, 0.2) is 65.3 Å². The number of benzene rings is 2. The van der Waals surface area contributed by atoms with Gasteiger partial charge in [-0.25, -0.2) is 0 Å². The lowest BCUT2D eigenvalue weighted by atomic mass is 9.92. The zero-order valence-corrected chi connectivity index (χ0v) is 18.9. The summed E-state index contributed by atoms with van der Waals surface area (Å²) in [6.07, 6.45) is 5.49. The largest absolute Gasteiger partial charge is 0.497 e. The van der Waals surface area contributed by atoms with Gasteiger partial charge in [-0.1, -0.05) is 0 Å². The van der Waals surface area contributed by atoms with Crippen molar-refractivity contribution >= 4 is 12.0 Å². The van der Waals surface area contributed by atoms with Gasteiger partial charge >= 0.3 is 0 Å². The summed E-state index contributed by atoms with van der Waals surface area (Å²) in [7, 11) is 4.84. The van der Waals surface area contributed by atoms with E-state index < -0.39 is 0 Å². The number of furan rings is 1. The Kier molecular flexibility index (Phi) is 6.88. The predicted octanol–water partition coefficient (Wildman–Crippen LogP) is 4.52. The van der Waals surface area contributed by atoms with E-state index in [-0.39, 0.29) is 18.6 Å². The zero-order chi connectivity index (χ0) is 23.2. The van der Waals surface area contributed by atoms with Crippen molar-refractivity contribution in [2.45, 2.75) is 12.5 Å². The molecule has 7 heteroatoms. The van der Waals surface area contributed by atoms with Gasteiger partial charge in [-0.05, 0) is 72.2 Å². The summed E-state index contributed by atoms with van der Waals surface area (Å²) in [4.78, 5) is 15.0. The van der Waals surface area contributed by atoms with Gasteiger partial charge < -0.3 is 28.3 Å². The van der Waals surface area contributed by atoms with Crippen molar-refractivity contribution in [2.75, 3.05) is 34.5 Å². The first kappa shape index (κ1) is 22.3. The minimum absolute atomic E-state index is 0.116. The minimum atomic E-state index is -0.301. The van der Waals surface area contributed by atoms with Gasteiger partial charge in [-0.15, -0.1) is 0 Å². The number of amides is 1. The number of methoxy groups -OCH3 is 3. The molecule has 4 rings (SSSR count). The van der Waals surface area contributed by atoms with E-state index in [1.807, 2.05) is 41.3 Å². The van der Waals surface area contributed by atoms with E-state index in [0.717, 1.165) is 16.9 Å². The fraction of sp³-hybridized carbons (Fsp3) is 0.269. The van der Waals surface area contributed by atoms with E-state index in [0.29, 0.717) is 36.0 Å². The summed E-state index contributed by atoms with van der Waals surface area (Å²) in [5.74, 6) is 3.24. The Morgan fingerprint density at radius 1 is 1.03 bits per heavy atom. The Balaban J connectivity index is 1.63. The third-order valence-corrected chi connectivity index (χ3v) is 5.69. The van der Waals surface area contributed by atoms with Gasteiger partial charge in [-0.2, -0.15) is 0 Å². The van der Waals surface area contributed by atoms with Crippen LogP contribution in [0.25, 0.3) is 6.08 Å². The molecule has 2 heterocycles. The van der Waals surface area contributed by atoms with Gasteiger partial charge in [0.1, 0.15) is 23.9 Å². The van der Waals surface area contributed by atoms with Crippen molar-refractivity contribution in [1.82, 2.24) is 4.90 Å². The van der Waals surface area contributed by atoms with Crippen molar-refractivity contribution in [3.63, 3.8) is 0 Å². The third-order valence-electron chi connectivity index (χ3n) is 5.69. The summed E-state index contributed by atoms with van der Waals surface area (Å²) < 4.78 is 27.6. The number of ether oxygens (including phenoxy) is 4. The van der Waals surface area contributed by atoms with Gasteiger partial charge in [-0.3, -0.25) is 4.79 Å². The number of carbonyl (C=O) groups is 1. The molecule has 33 heavy (non-hydrogen) atoms. The second-order valence-electron chi connectivity index (χ2n) is 7.54. The van der Waals surface area contributed by atoms with Crippen molar-refractivity contribution in [3.05, 3.63) is 77.8 Å². The van der Waals surface area contributed by atoms with Crippen molar-refractivity contribution < 1.29 is 28.2 Å². The quantitative estimate of drug-likeness (QED) is 0.471. The molecular formula is C26H27NO6. The molecule has 7 nitrogen and oxygen atoms in total. The molecule has 3 aromatic rings. The topological polar surface area (TPSA) is 70.4 Å². The predicted molar refractivity (Wildman–Crippen MR) is 124 cm³/mol. The molecule has 172 valence electrons. The van der Waals surface area contributed by atoms with Crippen LogP contribution in [0, 0.1) is 0 Å². The first-order chi connectivity index (χ1) is 16.1. The molecule has 2 aromatic carbocycles. The number of fused-ring (bicyclic) bond motifs is 1. The van der Waals surface area contributed by atoms with Crippen molar-refractivity contribution in [1.29, 1.82) is 0 Å². The van der Waals surface area contributed by atoms with Crippen molar-refractivity contribution in [3.8, 4) is 23.0 Å². The summed E-state index contributed by atoms with van der Waals surface area (Å²) >= 11 is 0. The molecule has 1 aliphatic rings. The van der Waals surface area contributed by atoms with Gasteiger partial charge in [0.2, 0.25) is 5.91 Å². The lowest BCUT2D eigenvalue weighted by Gasteiger charge is -2.37. The second kappa shape index (κ2) is 10.2. The van der Waals surface area contributed by atoms with E-state index in [1.54, 1.807) is 45.8 Å². The number of nitrogens with zero attached hydrogens (tertiary/aromatic N) is 1. The molecule has 0 fully saturated rings. The third kappa shape index (κ3) is 4.98. The van der Waals surface area contributed by atoms with Crippen LogP contribution in [0.4, 0.5) is 0 Å². The highest BCUT2D eigenvalue weighted by Crippen LogP contribution is 2.38. The molecule has 0 radical (unpaired) electrons. The maximum atomic E-state index is 13.2. The lowest BCUT2D eigenvalue weighted by Crippen LogP contribution is -2.41. The Bertz CT molecular complexity index is 1100. The van der Waals surface area contributed by atoms with E-state index in [9.17, 15) is 4.79 Å². The molecule has 1 aromatic heterocycles. The molecule has 0 N–H and O–H groups in total. The average Bonchev–Trinajstić information content (AvgIpc) is 3.38. The molecule has 0 unspecified atom stereocenters. The van der Waals surface area contributed by atoms with Gasteiger partial charge in [0.15, 0.2) is 11.5 Å². The Morgan fingerprint density at radius 3 is 2.42 bits per heavy atom. The van der Waals surface area contributed by atoms with Crippen LogP contribution in [-0.2, 0) is 11.2 Å². The molecule has 1 atom stereocenters. The highest BCUT2D eigenvalue weighted by molar-refractivity contribution is 5.92. The molecule has 0 saturated carbocycles. The molecule has 1 amide bonds.